The summed E-state index contributed by atoms with van der Waals surface area (Å²) in [6.07, 6.45) is 1.26. The van der Waals surface area contributed by atoms with Crippen LogP contribution in [0.3, 0.4) is 0 Å². The van der Waals surface area contributed by atoms with Gasteiger partial charge in [0, 0.05) is 0 Å². The third kappa shape index (κ3) is 2.04. The minimum atomic E-state index is -3.85. The number of carbonyl (C=O) groups excluding carboxylic acids is 2. The van der Waals surface area contributed by atoms with Crippen molar-refractivity contribution < 1.29 is 52.7 Å². The minimum Gasteiger partial charge on any atom is -0.548 e. The molecule has 0 radical (unpaired) electrons. The topological polar surface area (TPSA) is 125 Å². The number of fused-ring (bicyclic) bond motifs is 1. The summed E-state index contributed by atoms with van der Waals surface area (Å²) in [7, 11) is -3.85. The Kier molecular flexibility index (Phi) is 4.18. The molecule has 0 saturated carbocycles. The number of aromatic nitrogens is 3. The van der Waals surface area contributed by atoms with Crippen molar-refractivity contribution in [3.63, 3.8) is 0 Å². The van der Waals surface area contributed by atoms with Crippen molar-refractivity contribution in [2.24, 2.45) is 0 Å². The predicted octanol–water partition coefficient (Wildman–Crippen LogP) is -5.55. The first-order chi connectivity index (χ1) is 9.70. The van der Waals surface area contributed by atoms with Crippen LogP contribution in [-0.4, -0.2) is 56.4 Å². The van der Waals surface area contributed by atoms with Crippen molar-refractivity contribution >= 4 is 21.7 Å². The van der Waals surface area contributed by atoms with Gasteiger partial charge < -0.3 is 14.8 Å². The fraction of sp³-hybridized carbons (Fsp3) is 0.636. The first-order valence-electron chi connectivity index (χ1n) is 6.30. The predicted molar refractivity (Wildman–Crippen MR) is 66.1 cm³/mol. The Balaban J connectivity index is 0.00000176. The summed E-state index contributed by atoms with van der Waals surface area (Å²) in [4.78, 5) is 23.9. The largest absolute Gasteiger partial charge is 1.00 e. The summed E-state index contributed by atoms with van der Waals surface area (Å²) in [6.45, 7) is 2.80. The van der Waals surface area contributed by atoms with Crippen LogP contribution in [-0.2, 0) is 26.0 Å². The van der Waals surface area contributed by atoms with E-state index in [1.807, 2.05) is 0 Å². The number of β-lactam (4-membered cyclic amide) rings is 1. The molecule has 2 aliphatic rings. The third-order valence-electron chi connectivity index (χ3n) is 4.31. The molecule has 0 aromatic carbocycles. The van der Waals surface area contributed by atoms with Crippen molar-refractivity contribution in [1.29, 1.82) is 0 Å². The fourth-order valence-electron chi connectivity index (χ4n) is 3.03. The zero-order chi connectivity index (χ0) is 15.6. The van der Waals surface area contributed by atoms with Crippen molar-refractivity contribution in [1.82, 2.24) is 19.9 Å². The van der Waals surface area contributed by atoms with Crippen LogP contribution < -0.4 is 34.7 Å². The Labute approximate surface area is 148 Å². The maximum absolute atomic E-state index is 12.6. The van der Waals surface area contributed by atoms with E-state index in [1.54, 1.807) is 6.92 Å². The minimum absolute atomic E-state index is 0. The molecular formula is C11H13N4NaO5S. The Hall–Kier alpha value is -0.970. The molecule has 1 aromatic rings. The quantitative estimate of drug-likeness (QED) is 0.398. The standard InChI is InChI=1S/C11H14N4O5S.Na/c1-6-4-12-13-14(6)5-11(2)9(10(17)18)15-7(16)3-8(15)21(11,19)20;/h4,8-9H,3,5H2,1-2H3,(H,17,18);/q;+1/p-1/t8-,9+,11+;/m1./s1. The van der Waals surface area contributed by atoms with Gasteiger partial charge in [-0.25, -0.2) is 13.1 Å². The Bertz CT molecular complexity index is 747. The molecule has 0 aliphatic carbocycles. The molecule has 2 saturated heterocycles. The second-order valence-corrected chi connectivity index (χ2v) is 8.14. The second kappa shape index (κ2) is 5.29. The second-order valence-electron chi connectivity index (χ2n) is 5.57. The van der Waals surface area contributed by atoms with Crippen LogP contribution in [0.5, 0.6) is 0 Å². The molecule has 1 amide bonds. The normalized spacial score (nSPS) is 32.1. The molecule has 0 bridgehead atoms. The van der Waals surface area contributed by atoms with E-state index in [4.69, 9.17) is 0 Å². The van der Waals surface area contributed by atoms with Crippen LogP contribution in [0.2, 0.25) is 0 Å². The molecule has 9 nitrogen and oxygen atoms in total. The van der Waals surface area contributed by atoms with E-state index in [-0.39, 0.29) is 42.5 Å². The van der Waals surface area contributed by atoms with Gasteiger partial charge in [0.15, 0.2) is 9.84 Å². The molecule has 2 aliphatic heterocycles. The number of carbonyl (C=O) groups is 2. The monoisotopic (exact) mass is 336 g/mol. The molecular weight excluding hydrogens is 323 g/mol. The summed E-state index contributed by atoms with van der Waals surface area (Å²) < 4.78 is 24.9. The molecule has 22 heavy (non-hydrogen) atoms. The van der Waals surface area contributed by atoms with Crippen LogP contribution in [0.1, 0.15) is 19.0 Å². The first kappa shape index (κ1) is 17.4. The van der Waals surface area contributed by atoms with E-state index in [0.29, 0.717) is 5.69 Å². The van der Waals surface area contributed by atoms with E-state index in [1.165, 1.54) is 17.8 Å². The number of carboxylic acids is 1. The molecule has 11 heteroatoms. The van der Waals surface area contributed by atoms with Crippen molar-refractivity contribution in [2.75, 3.05) is 0 Å². The molecule has 0 unspecified atom stereocenters. The van der Waals surface area contributed by atoms with Crippen molar-refractivity contribution in [3.05, 3.63) is 11.9 Å². The number of hydrogen-bond donors (Lipinski definition) is 0. The summed E-state index contributed by atoms with van der Waals surface area (Å²) in [5, 5.41) is 17.8. The van der Waals surface area contributed by atoms with Gasteiger partial charge >= 0.3 is 29.6 Å². The van der Waals surface area contributed by atoms with Crippen LogP contribution in [0.25, 0.3) is 0 Å². The van der Waals surface area contributed by atoms with E-state index in [2.05, 4.69) is 10.3 Å². The maximum Gasteiger partial charge on any atom is 1.00 e. The smallest absolute Gasteiger partial charge is 0.548 e. The molecule has 3 atom stereocenters. The average Bonchev–Trinajstić information content (AvgIpc) is 2.81. The number of hydrogen-bond acceptors (Lipinski definition) is 7. The van der Waals surface area contributed by atoms with Gasteiger partial charge in [0.25, 0.3) is 0 Å². The summed E-state index contributed by atoms with van der Waals surface area (Å²) in [5.41, 5.74) is 0.601. The van der Waals surface area contributed by atoms with Crippen LogP contribution >= 0.6 is 0 Å². The van der Waals surface area contributed by atoms with Crippen LogP contribution in [0.4, 0.5) is 0 Å². The zero-order valence-corrected chi connectivity index (χ0v) is 15.2. The number of aryl methyl sites for hydroxylation is 1. The van der Waals surface area contributed by atoms with Crippen molar-refractivity contribution in [3.8, 4) is 0 Å². The van der Waals surface area contributed by atoms with Gasteiger partial charge in [0.1, 0.15) is 10.1 Å². The van der Waals surface area contributed by atoms with E-state index in [0.717, 1.165) is 4.90 Å². The van der Waals surface area contributed by atoms with Gasteiger partial charge in [0.05, 0.1) is 36.9 Å². The fourth-order valence-corrected chi connectivity index (χ4v) is 5.38. The molecule has 0 spiro atoms. The number of nitrogens with zero attached hydrogens (tertiary/aromatic N) is 4. The number of sulfone groups is 1. The van der Waals surface area contributed by atoms with E-state index < -0.39 is 37.9 Å². The summed E-state index contributed by atoms with van der Waals surface area (Å²) >= 11 is 0. The summed E-state index contributed by atoms with van der Waals surface area (Å²) in [6, 6.07) is -1.52. The van der Waals surface area contributed by atoms with E-state index >= 15 is 0 Å². The Morgan fingerprint density at radius 2 is 2.18 bits per heavy atom. The van der Waals surface area contributed by atoms with Gasteiger partial charge in [-0.2, -0.15) is 0 Å². The van der Waals surface area contributed by atoms with Gasteiger partial charge in [-0.3, -0.25) is 4.79 Å². The Morgan fingerprint density at radius 1 is 1.55 bits per heavy atom. The molecule has 2 fully saturated rings. The number of aliphatic carboxylic acids is 1. The van der Waals surface area contributed by atoms with Crippen LogP contribution in [0, 0.1) is 6.92 Å². The third-order valence-corrected chi connectivity index (χ3v) is 7.07. The molecule has 1 aromatic heterocycles. The summed E-state index contributed by atoms with van der Waals surface area (Å²) in [5.74, 6) is -2.06. The maximum atomic E-state index is 12.6. The van der Waals surface area contributed by atoms with Gasteiger partial charge in [-0.15, -0.1) is 5.10 Å². The molecule has 3 heterocycles. The van der Waals surface area contributed by atoms with Crippen molar-refractivity contribution in [2.45, 2.75) is 43.0 Å². The number of carboxylic acid groups (broad SMARTS) is 1. The number of amides is 1. The van der Waals surface area contributed by atoms with Gasteiger partial charge in [0.2, 0.25) is 5.91 Å². The number of rotatable bonds is 3. The molecule has 0 N–H and O–H groups in total. The van der Waals surface area contributed by atoms with Gasteiger partial charge in [-0.1, -0.05) is 5.21 Å². The molecule has 114 valence electrons. The van der Waals surface area contributed by atoms with Crippen LogP contribution in [0.15, 0.2) is 6.20 Å². The average molecular weight is 336 g/mol. The zero-order valence-electron chi connectivity index (χ0n) is 12.4. The first-order valence-corrected chi connectivity index (χ1v) is 7.85. The Morgan fingerprint density at radius 3 is 2.64 bits per heavy atom. The molecule has 3 rings (SSSR count). The van der Waals surface area contributed by atoms with Gasteiger partial charge in [-0.05, 0) is 13.8 Å². The van der Waals surface area contributed by atoms with E-state index in [9.17, 15) is 23.1 Å². The SMILES string of the molecule is Cc1cnnn1C[C@@]1(C)[C@H](C(=O)[O-])N2C(=O)C[C@H]2S1(=O)=O.[Na+].